The van der Waals surface area contributed by atoms with Crippen LogP contribution in [0, 0.1) is 12.7 Å². The first-order chi connectivity index (χ1) is 15.8. The zero-order valence-corrected chi connectivity index (χ0v) is 20.3. The highest BCUT2D eigenvalue weighted by Gasteiger charge is 2.17. The number of aromatic nitrogens is 2. The molecule has 0 atom stereocenters. The summed E-state index contributed by atoms with van der Waals surface area (Å²) >= 11 is 15.6. The van der Waals surface area contributed by atoms with Crippen molar-refractivity contribution in [1.82, 2.24) is 9.78 Å². The van der Waals surface area contributed by atoms with Gasteiger partial charge in [-0.2, -0.15) is 5.10 Å². The van der Waals surface area contributed by atoms with Gasteiger partial charge in [-0.05, 0) is 58.7 Å². The first-order valence-corrected chi connectivity index (χ1v) is 11.3. The predicted octanol–water partition coefficient (Wildman–Crippen LogP) is 6.87. The van der Waals surface area contributed by atoms with Crippen LogP contribution >= 0.6 is 39.1 Å². The van der Waals surface area contributed by atoms with Gasteiger partial charge in [0.15, 0.2) is 11.6 Å². The zero-order chi connectivity index (χ0) is 23.5. The second kappa shape index (κ2) is 9.99. The van der Waals surface area contributed by atoms with E-state index in [1.54, 1.807) is 24.4 Å². The number of nitrogens with zero attached hydrogens (tertiary/aromatic N) is 2. The molecule has 1 N–H and O–H groups in total. The minimum atomic E-state index is -0.495. The number of furan rings is 1. The largest absolute Gasteiger partial charge is 0.484 e. The van der Waals surface area contributed by atoms with Crippen molar-refractivity contribution in [1.29, 1.82) is 0 Å². The summed E-state index contributed by atoms with van der Waals surface area (Å²) in [6, 6.07) is 13.1. The quantitative estimate of drug-likeness (QED) is 0.271. The fourth-order valence-electron chi connectivity index (χ4n) is 3.10. The van der Waals surface area contributed by atoms with Crippen LogP contribution in [0.1, 0.15) is 27.4 Å². The predicted molar refractivity (Wildman–Crippen MR) is 128 cm³/mol. The van der Waals surface area contributed by atoms with E-state index < -0.39 is 11.7 Å². The molecule has 10 heteroatoms. The molecule has 0 unspecified atom stereocenters. The Kier molecular flexibility index (Phi) is 7.07. The molecule has 0 saturated carbocycles. The topological polar surface area (TPSA) is 69.3 Å². The third-order valence-corrected chi connectivity index (χ3v) is 5.97. The second-order valence-electron chi connectivity index (χ2n) is 7.12. The molecule has 0 fully saturated rings. The lowest BCUT2D eigenvalue weighted by Gasteiger charge is -2.09. The second-order valence-corrected chi connectivity index (χ2v) is 8.79. The number of hydrogen-bond donors (Lipinski definition) is 1. The van der Waals surface area contributed by atoms with E-state index in [1.165, 1.54) is 22.9 Å². The van der Waals surface area contributed by atoms with E-state index in [-0.39, 0.29) is 24.7 Å². The van der Waals surface area contributed by atoms with Crippen LogP contribution in [0.15, 0.2) is 63.6 Å². The normalized spacial score (nSPS) is 10.9. The number of hydrogen-bond acceptors (Lipinski definition) is 4. The molecule has 2 heterocycles. The van der Waals surface area contributed by atoms with Gasteiger partial charge in [-0.1, -0.05) is 41.4 Å². The highest BCUT2D eigenvalue weighted by molar-refractivity contribution is 9.10. The zero-order valence-electron chi connectivity index (χ0n) is 17.2. The van der Waals surface area contributed by atoms with Crippen LogP contribution in [0.3, 0.4) is 0 Å². The van der Waals surface area contributed by atoms with Gasteiger partial charge in [-0.25, -0.2) is 4.39 Å². The van der Waals surface area contributed by atoms with Crippen molar-refractivity contribution in [2.75, 3.05) is 5.32 Å². The van der Waals surface area contributed by atoms with E-state index >= 15 is 0 Å². The van der Waals surface area contributed by atoms with Gasteiger partial charge in [0, 0.05) is 16.8 Å². The van der Waals surface area contributed by atoms with Crippen LogP contribution in [0.2, 0.25) is 10.0 Å². The summed E-state index contributed by atoms with van der Waals surface area (Å²) in [6.45, 7) is 2.10. The summed E-state index contributed by atoms with van der Waals surface area (Å²) in [5.41, 5.74) is 1.20. The lowest BCUT2D eigenvalue weighted by molar-refractivity contribution is 0.0992. The van der Waals surface area contributed by atoms with Gasteiger partial charge in [0.1, 0.15) is 23.9 Å². The fourth-order valence-corrected chi connectivity index (χ4v) is 4.01. The molecule has 0 spiro atoms. The molecule has 170 valence electrons. The van der Waals surface area contributed by atoms with E-state index in [0.717, 1.165) is 5.56 Å². The molecule has 33 heavy (non-hydrogen) atoms. The number of anilines is 1. The Hall–Kier alpha value is -2.81. The van der Waals surface area contributed by atoms with Crippen LogP contribution in [0.4, 0.5) is 10.2 Å². The average molecular weight is 553 g/mol. The van der Waals surface area contributed by atoms with E-state index in [1.807, 2.05) is 19.1 Å². The number of aryl methyl sites for hydroxylation is 1. The van der Waals surface area contributed by atoms with Crippen molar-refractivity contribution in [3.05, 3.63) is 97.7 Å². The molecule has 0 aliphatic heterocycles. The van der Waals surface area contributed by atoms with E-state index in [4.69, 9.17) is 32.4 Å². The maximum absolute atomic E-state index is 14.1. The van der Waals surface area contributed by atoms with Gasteiger partial charge in [0.25, 0.3) is 5.91 Å². The Morgan fingerprint density at radius 2 is 1.94 bits per heavy atom. The average Bonchev–Trinajstić information content (AvgIpc) is 3.37. The van der Waals surface area contributed by atoms with E-state index in [9.17, 15) is 9.18 Å². The standard InChI is InChI=1S/C23H17BrCl2FN3O3/c1-13-4-2-6-18(26)21(13)32-12-14-8-9-20(33-14)23(31)28-22-16(24)11-30(29-22)10-15-17(25)5-3-7-19(15)27/h2-9,11H,10,12H2,1H3,(H,28,29,31). The first-order valence-electron chi connectivity index (χ1n) is 9.75. The van der Waals surface area contributed by atoms with Crippen molar-refractivity contribution in [2.45, 2.75) is 20.1 Å². The summed E-state index contributed by atoms with van der Waals surface area (Å²) < 4.78 is 27.4. The van der Waals surface area contributed by atoms with Gasteiger partial charge >= 0.3 is 0 Å². The number of amides is 1. The lowest BCUT2D eigenvalue weighted by Crippen LogP contribution is -2.12. The SMILES string of the molecule is Cc1cccc(Cl)c1OCc1ccc(C(=O)Nc2nn(Cc3c(F)cccc3Cl)cc2Br)o1. The van der Waals surface area contributed by atoms with Crippen molar-refractivity contribution in [2.24, 2.45) is 0 Å². The number of carbonyl (C=O) groups excluding carboxylic acids is 1. The summed E-state index contributed by atoms with van der Waals surface area (Å²) in [7, 11) is 0. The number of para-hydroxylation sites is 1. The minimum Gasteiger partial charge on any atom is -0.484 e. The highest BCUT2D eigenvalue weighted by atomic mass is 79.9. The van der Waals surface area contributed by atoms with Gasteiger partial charge < -0.3 is 14.5 Å². The number of nitrogens with one attached hydrogen (secondary N) is 1. The van der Waals surface area contributed by atoms with Crippen molar-refractivity contribution in [3.8, 4) is 5.75 Å². The monoisotopic (exact) mass is 551 g/mol. The fraction of sp³-hybridized carbons (Fsp3) is 0.130. The molecule has 2 aromatic heterocycles. The number of ether oxygens (including phenoxy) is 1. The van der Waals surface area contributed by atoms with Crippen LogP contribution in [0.5, 0.6) is 5.75 Å². The van der Waals surface area contributed by atoms with Gasteiger partial charge in [0.2, 0.25) is 0 Å². The molecule has 1 amide bonds. The summed E-state index contributed by atoms with van der Waals surface area (Å²) in [5, 5.41) is 7.75. The molecule has 0 saturated heterocycles. The van der Waals surface area contributed by atoms with Crippen molar-refractivity contribution in [3.63, 3.8) is 0 Å². The van der Waals surface area contributed by atoms with E-state index in [2.05, 4.69) is 26.3 Å². The molecule has 6 nitrogen and oxygen atoms in total. The van der Waals surface area contributed by atoms with Gasteiger partial charge in [0.05, 0.1) is 16.0 Å². The van der Waals surface area contributed by atoms with Crippen LogP contribution in [-0.4, -0.2) is 15.7 Å². The molecular weight excluding hydrogens is 536 g/mol. The molecule has 0 bridgehead atoms. The molecule has 0 radical (unpaired) electrons. The minimum absolute atomic E-state index is 0.0862. The molecule has 0 aliphatic carbocycles. The summed E-state index contributed by atoms with van der Waals surface area (Å²) in [4.78, 5) is 12.6. The summed E-state index contributed by atoms with van der Waals surface area (Å²) in [6.07, 6.45) is 1.62. The number of rotatable bonds is 7. The van der Waals surface area contributed by atoms with Crippen LogP contribution in [0.25, 0.3) is 0 Å². The third kappa shape index (κ3) is 5.40. The lowest BCUT2D eigenvalue weighted by atomic mass is 10.2. The van der Waals surface area contributed by atoms with Crippen molar-refractivity contribution < 1.29 is 18.3 Å². The molecular formula is C23H17BrCl2FN3O3. The Morgan fingerprint density at radius 1 is 1.18 bits per heavy atom. The number of carbonyl (C=O) groups is 1. The number of halogens is 4. The van der Waals surface area contributed by atoms with E-state index in [0.29, 0.717) is 31.6 Å². The molecule has 4 rings (SSSR count). The maximum atomic E-state index is 14.1. The third-order valence-electron chi connectivity index (χ3n) is 4.74. The van der Waals surface area contributed by atoms with Crippen LogP contribution in [-0.2, 0) is 13.2 Å². The highest BCUT2D eigenvalue weighted by Crippen LogP contribution is 2.29. The molecule has 4 aromatic rings. The summed E-state index contributed by atoms with van der Waals surface area (Å²) in [5.74, 6) is 0.433. The molecule has 2 aromatic carbocycles. The number of benzene rings is 2. The Bertz CT molecular complexity index is 1280. The molecule has 0 aliphatic rings. The van der Waals surface area contributed by atoms with Crippen LogP contribution < -0.4 is 10.1 Å². The Balaban J connectivity index is 1.41. The van der Waals surface area contributed by atoms with Gasteiger partial charge in [-0.15, -0.1) is 0 Å². The first kappa shape index (κ1) is 23.4. The van der Waals surface area contributed by atoms with Gasteiger partial charge in [-0.3, -0.25) is 9.48 Å². The Morgan fingerprint density at radius 3 is 2.70 bits per heavy atom. The van der Waals surface area contributed by atoms with Crippen molar-refractivity contribution >= 4 is 50.9 Å². The Labute approximate surface area is 207 Å². The smallest absolute Gasteiger partial charge is 0.292 e. The maximum Gasteiger partial charge on any atom is 0.292 e.